The van der Waals surface area contributed by atoms with Gasteiger partial charge in [-0.3, -0.25) is 14.4 Å². The predicted molar refractivity (Wildman–Crippen MR) is 142 cm³/mol. The number of carbonyl (C=O) groups excluding carboxylic acids is 3. The van der Waals surface area contributed by atoms with Gasteiger partial charge >= 0.3 is 0 Å². The highest BCUT2D eigenvalue weighted by molar-refractivity contribution is 9.11. The molecule has 0 unspecified atom stereocenters. The molecule has 2 N–H and O–H groups in total. The second-order valence-corrected chi connectivity index (χ2v) is 13.1. The molecule has 1 amide bonds. The maximum Gasteiger partial charge on any atom is 0.255 e. The summed E-state index contributed by atoms with van der Waals surface area (Å²) in [6.45, 7) is 10.9. The van der Waals surface area contributed by atoms with Crippen molar-refractivity contribution >= 4 is 49.3 Å². The van der Waals surface area contributed by atoms with Gasteiger partial charge in [-0.1, -0.05) is 43.6 Å². The predicted octanol–water partition coefficient (Wildman–Crippen LogP) is 5.78. The summed E-state index contributed by atoms with van der Waals surface area (Å²) >= 11 is 7.14. The molecule has 0 fully saturated rings. The maximum atomic E-state index is 13.8. The van der Waals surface area contributed by atoms with Crippen molar-refractivity contribution in [3.8, 4) is 5.75 Å². The first-order chi connectivity index (χ1) is 16.2. The molecule has 2 aliphatic carbocycles. The van der Waals surface area contributed by atoms with Crippen molar-refractivity contribution in [2.45, 2.75) is 66.2 Å². The van der Waals surface area contributed by atoms with Crippen LogP contribution < -0.4 is 10.5 Å². The van der Waals surface area contributed by atoms with Crippen LogP contribution >= 0.6 is 31.9 Å². The van der Waals surface area contributed by atoms with E-state index in [1.807, 2.05) is 12.1 Å². The van der Waals surface area contributed by atoms with E-state index in [9.17, 15) is 14.4 Å². The third-order valence-corrected chi connectivity index (χ3v) is 8.09. The molecule has 188 valence electrons. The van der Waals surface area contributed by atoms with Crippen molar-refractivity contribution in [2.75, 3.05) is 13.2 Å². The van der Waals surface area contributed by atoms with Gasteiger partial charge in [0.15, 0.2) is 18.2 Å². The Morgan fingerprint density at radius 3 is 1.97 bits per heavy atom. The molecular formula is C27H32Br2N2O4. The fourth-order valence-electron chi connectivity index (χ4n) is 5.83. The number of benzene rings is 1. The van der Waals surface area contributed by atoms with Crippen molar-refractivity contribution < 1.29 is 19.1 Å². The van der Waals surface area contributed by atoms with Crippen LogP contribution in [0.25, 0.3) is 0 Å². The first-order valence-electron chi connectivity index (χ1n) is 11.9. The summed E-state index contributed by atoms with van der Waals surface area (Å²) in [6, 6.07) is 3.71. The van der Waals surface area contributed by atoms with E-state index in [1.165, 1.54) is 0 Å². The van der Waals surface area contributed by atoms with Crippen molar-refractivity contribution in [3.05, 3.63) is 49.2 Å². The van der Waals surface area contributed by atoms with Gasteiger partial charge in [0.05, 0.1) is 4.47 Å². The van der Waals surface area contributed by atoms with Gasteiger partial charge < -0.3 is 15.4 Å². The third kappa shape index (κ3) is 4.88. The summed E-state index contributed by atoms with van der Waals surface area (Å²) in [5.74, 6) is -0.623. The average molecular weight is 608 g/mol. The zero-order valence-electron chi connectivity index (χ0n) is 20.9. The Balaban J connectivity index is 2.04. The first kappa shape index (κ1) is 26.1. The monoisotopic (exact) mass is 606 g/mol. The van der Waals surface area contributed by atoms with Gasteiger partial charge in [0.2, 0.25) is 0 Å². The van der Waals surface area contributed by atoms with E-state index in [0.717, 1.165) is 28.7 Å². The number of primary amides is 1. The largest absolute Gasteiger partial charge is 0.482 e. The zero-order chi connectivity index (χ0) is 25.9. The number of rotatable bonds is 5. The molecule has 6 nitrogen and oxygen atoms in total. The molecule has 4 rings (SSSR count). The number of carbonyl (C=O) groups is 3. The molecule has 0 atom stereocenters. The number of allylic oxidation sites excluding steroid dienone is 4. The zero-order valence-corrected chi connectivity index (χ0v) is 24.1. The van der Waals surface area contributed by atoms with Crippen LogP contribution in [0, 0.1) is 10.8 Å². The lowest BCUT2D eigenvalue weighted by Gasteiger charge is -2.49. The molecule has 0 saturated carbocycles. The molecule has 0 aromatic heterocycles. The summed E-state index contributed by atoms with van der Waals surface area (Å²) in [7, 11) is 0. The number of halogens is 2. The van der Waals surface area contributed by atoms with Crippen molar-refractivity contribution in [1.82, 2.24) is 4.90 Å². The molecule has 3 aliphatic rings. The highest BCUT2D eigenvalue weighted by Gasteiger charge is 2.49. The molecule has 8 heteroatoms. The number of nitrogens with two attached hydrogens (primary N) is 1. The molecule has 1 heterocycles. The molecule has 1 aromatic carbocycles. The number of hydrogen-bond acceptors (Lipinski definition) is 5. The molecular weight excluding hydrogens is 576 g/mol. The number of ketones is 2. The number of Topliss-reactive ketones (excluding diaryl/α,β-unsaturated/α-hetero) is 2. The van der Waals surface area contributed by atoms with Gasteiger partial charge in [0.1, 0.15) is 5.75 Å². The molecule has 0 spiro atoms. The molecule has 0 radical (unpaired) electrons. The Kier molecular flexibility index (Phi) is 6.86. The van der Waals surface area contributed by atoms with E-state index in [-0.39, 0.29) is 29.0 Å². The number of hydrogen-bond donors (Lipinski definition) is 1. The number of ether oxygens (including phenoxy) is 1. The van der Waals surface area contributed by atoms with Gasteiger partial charge in [-0.05, 0) is 58.7 Å². The lowest BCUT2D eigenvalue weighted by atomic mass is 9.63. The molecule has 0 bridgehead atoms. The second-order valence-electron chi connectivity index (χ2n) is 11.3. The lowest BCUT2D eigenvalue weighted by Crippen LogP contribution is -2.44. The number of amides is 1. The summed E-state index contributed by atoms with van der Waals surface area (Å²) < 4.78 is 7.28. The van der Waals surface area contributed by atoms with E-state index in [2.05, 4.69) is 71.4 Å². The van der Waals surface area contributed by atoms with E-state index in [1.54, 1.807) is 0 Å². The Labute approximate surface area is 223 Å². The van der Waals surface area contributed by atoms with Crippen LogP contribution in [0.15, 0.2) is 43.6 Å². The molecule has 1 aliphatic heterocycles. The highest BCUT2D eigenvalue weighted by atomic mass is 79.9. The Morgan fingerprint density at radius 2 is 1.51 bits per heavy atom. The van der Waals surface area contributed by atoms with Crippen LogP contribution in [0.1, 0.15) is 71.8 Å². The van der Waals surface area contributed by atoms with Crippen LogP contribution in [0.4, 0.5) is 0 Å². The summed E-state index contributed by atoms with van der Waals surface area (Å²) in [5, 5.41) is 0. The minimum absolute atomic E-state index is 0.0563. The minimum Gasteiger partial charge on any atom is -0.482 e. The Hall–Kier alpha value is -1.93. The Bertz CT molecular complexity index is 1140. The van der Waals surface area contributed by atoms with Gasteiger partial charge in [0.25, 0.3) is 5.91 Å². The fourth-order valence-corrected chi connectivity index (χ4v) is 7.20. The van der Waals surface area contributed by atoms with Gasteiger partial charge in [-0.15, -0.1) is 0 Å². The third-order valence-electron chi connectivity index (χ3n) is 7.04. The van der Waals surface area contributed by atoms with Crippen molar-refractivity contribution in [2.24, 2.45) is 16.6 Å². The van der Waals surface area contributed by atoms with E-state index in [4.69, 9.17) is 10.5 Å². The average Bonchev–Trinajstić information content (AvgIpc) is 2.69. The quantitative estimate of drug-likeness (QED) is 0.458. The summed E-state index contributed by atoms with van der Waals surface area (Å²) in [4.78, 5) is 41.4. The SMILES string of the molecule is CCN1C2=C(C(=O)CC(C)(C)C2)C(c2cc(Br)cc(Br)c2OCC(N)=O)C2=C1CC(C)(C)CC2=O. The van der Waals surface area contributed by atoms with Crippen LogP contribution in [0.3, 0.4) is 0 Å². The summed E-state index contributed by atoms with van der Waals surface area (Å²) in [6.07, 6.45) is 2.32. The fraction of sp³-hybridized carbons (Fsp3) is 0.519. The van der Waals surface area contributed by atoms with Crippen LogP contribution in [-0.2, 0) is 14.4 Å². The lowest BCUT2D eigenvalue weighted by molar-refractivity contribution is -0.121. The van der Waals surface area contributed by atoms with Gasteiger partial charge in [0, 0.05) is 57.9 Å². The number of nitrogens with zero attached hydrogens (tertiary/aromatic N) is 1. The van der Waals surface area contributed by atoms with Crippen LogP contribution in [0.2, 0.25) is 0 Å². The van der Waals surface area contributed by atoms with Crippen LogP contribution in [0.5, 0.6) is 5.75 Å². The minimum atomic E-state index is -0.600. The van der Waals surface area contributed by atoms with Crippen molar-refractivity contribution in [1.29, 1.82) is 0 Å². The topological polar surface area (TPSA) is 89.7 Å². The molecule has 1 aromatic rings. The van der Waals surface area contributed by atoms with Gasteiger partial charge in [-0.25, -0.2) is 0 Å². The maximum absolute atomic E-state index is 13.8. The van der Waals surface area contributed by atoms with E-state index >= 15 is 0 Å². The molecule has 0 saturated heterocycles. The van der Waals surface area contributed by atoms with E-state index < -0.39 is 11.8 Å². The molecule has 35 heavy (non-hydrogen) atoms. The normalized spacial score (nSPS) is 21.7. The smallest absolute Gasteiger partial charge is 0.255 e. The second kappa shape index (κ2) is 9.18. The first-order valence-corrected chi connectivity index (χ1v) is 13.5. The van der Waals surface area contributed by atoms with Crippen molar-refractivity contribution in [3.63, 3.8) is 0 Å². The highest BCUT2D eigenvalue weighted by Crippen LogP contribution is 2.56. The van der Waals surface area contributed by atoms with Crippen LogP contribution in [-0.4, -0.2) is 35.5 Å². The van der Waals surface area contributed by atoms with Gasteiger partial charge in [-0.2, -0.15) is 0 Å². The standard InChI is InChI=1S/C27H32Br2N2O4/c1-6-31-17-9-26(2,3)11-19(32)23(17)22(24-18(31)10-27(4,5)12-20(24)33)15-7-14(28)8-16(29)25(15)35-13-21(30)34/h7-8,22H,6,9-13H2,1-5H3,(H2,30,34). The Morgan fingerprint density at radius 1 is 1.00 bits per heavy atom. The van der Waals surface area contributed by atoms with E-state index in [0.29, 0.717) is 46.3 Å². The summed E-state index contributed by atoms with van der Waals surface area (Å²) in [5.41, 5.74) is 9.06.